The number of carboxylic acids is 1. The first-order valence-corrected chi connectivity index (χ1v) is 7.02. The largest absolute Gasteiger partial charge is 0.478 e. The Labute approximate surface area is 123 Å². The lowest BCUT2D eigenvalue weighted by Gasteiger charge is -2.22. The number of nitrogens with one attached hydrogen (secondary N) is 1. The Bertz CT molecular complexity index is 516. The van der Waals surface area contributed by atoms with E-state index in [0.29, 0.717) is 18.0 Å². The summed E-state index contributed by atoms with van der Waals surface area (Å²) in [6.07, 6.45) is 4.53. The minimum atomic E-state index is -0.992. The number of amides is 1. The second-order valence-electron chi connectivity index (χ2n) is 5.06. The van der Waals surface area contributed by atoms with Crippen LogP contribution in [0.4, 0.5) is 0 Å². The summed E-state index contributed by atoms with van der Waals surface area (Å²) in [5, 5.41) is 11.5. The Hall–Kier alpha value is -2.14. The van der Waals surface area contributed by atoms with Gasteiger partial charge in [-0.15, -0.1) is 0 Å². The van der Waals surface area contributed by atoms with E-state index in [1.165, 1.54) is 6.08 Å². The fourth-order valence-electron chi connectivity index (χ4n) is 2.20. The number of hydrogen-bond acceptors (Lipinski definition) is 3. The van der Waals surface area contributed by atoms with E-state index in [0.717, 1.165) is 37.7 Å². The molecule has 2 rings (SSSR count). The van der Waals surface area contributed by atoms with Gasteiger partial charge in [-0.1, -0.05) is 12.1 Å². The van der Waals surface area contributed by atoms with Crippen LogP contribution in [-0.2, 0) is 9.53 Å². The van der Waals surface area contributed by atoms with E-state index < -0.39 is 5.97 Å². The van der Waals surface area contributed by atoms with Crippen molar-refractivity contribution in [2.24, 2.45) is 5.92 Å². The fourth-order valence-corrected chi connectivity index (χ4v) is 2.20. The third-order valence-electron chi connectivity index (χ3n) is 3.48. The van der Waals surface area contributed by atoms with E-state index in [4.69, 9.17) is 9.84 Å². The maximum atomic E-state index is 12.0. The summed E-state index contributed by atoms with van der Waals surface area (Å²) in [4.78, 5) is 22.4. The molecule has 1 amide bonds. The van der Waals surface area contributed by atoms with Gasteiger partial charge in [0.2, 0.25) is 0 Å². The van der Waals surface area contributed by atoms with Crippen molar-refractivity contribution in [3.63, 3.8) is 0 Å². The van der Waals surface area contributed by atoms with Crippen molar-refractivity contribution in [3.8, 4) is 0 Å². The summed E-state index contributed by atoms with van der Waals surface area (Å²) in [5.41, 5.74) is 1.33. The summed E-state index contributed by atoms with van der Waals surface area (Å²) in [5.74, 6) is -0.607. The van der Waals surface area contributed by atoms with Gasteiger partial charge >= 0.3 is 5.97 Å². The van der Waals surface area contributed by atoms with Crippen LogP contribution in [-0.4, -0.2) is 36.7 Å². The molecule has 1 heterocycles. The van der Waals surface area contributed by atoms with Crippen LogP contribution in [0.5, 0.6) is 0 Å². The lowest BCUT2D eigenvalue weighted by Crippen LogP contribution is -2.32. The first-order valence-electron chi connectivity index (χ1n) is 7.02. The van der Waals surface area contributed by atoms with Gasteiger partial charge < -0.3 is 15.2 Å². The smallest absolute Gasteiger partial charge is 0.328 e. The fraction of sp³-hybridized carbons (Fsp3) is 0.375. The number of hydrogen-bond donors (Lipinski definition) is 2. The molecule has 1 saturated heterocycles. The van der Waals surface area contributed by atoms with E-state index in [-0.39, 0.29) is 5.91 Å². The Morgan fingerprint density at radius 1 is 1.24 bits per heavy atom. The molecule has 1 aromatic rings. The Kier molecular flexibility index (Phi) is 5.51. The Morgan fingerprint density at radius 3 is 2.52 bits per heavy atom. The second kappa shape index (κ2) is 7.59. The zero-order valence-electron chi connectivity index (χ0n) is 11.7. The van der Waals surface area contributed by atoms with Crippen molar-refractivity contribution in [2.75, 3.05) is 19.8 Å². The van der Waals surface area contributed by atoms with Crippen molar-refractivity contribution in [1.29, 1.82) is 0 Å². The molecule has 0 unspecified atom stereocenters. The van der Waals surface area contributed by atoms with Gasteiger partial charge in [-0.2, -0.15) is 0 Å². The van der Waals surface area contributed by atoms with Crippen molar-refractivity contribution in [1.82, 2.24) is 5.32 Å². The molecule has 1 aromatic carbocycles. The van der Waals surface area contributed by atoms with Gasteiger partial charge in [-0.05, 0) is 42.5 Å². The van der Waals surface area contributed by atoms with Crippen LogP contribution in [0.2, 0.25) is 0 Å². The van der Waals surface area contributed by atoms with E-state index in [2.05, 4.69) is 5.32 Å². The number of carbonyl (C=O) groups is 2. The predicted octanol–water partition coefficient (Wildman–Crippen LogP) is 1.94. The van der Waals surface area contributed by atoms with Gasteiger partial charge in [-0.3, -0.25) is 4.79 Å². The number of rotatable bonds is 5. The number of carboxylic acid groups (broad SMARTS) is 1. The summed E-state index contributed by atoms with van der Waals surface area (Å²) < 4.78 is 5.28. The summed E-state index contributed by atoms with van der Waals surface area (Å²) in [6, 6.07) is 6.84. The number of benzene rings is 1. The van der Waals surface area contributed by atoms with Crippen molar-refractivity contribution in [2.45, 2.75) is 12.8 Å². The molecular formula is C16H19NO4. The number of ether oxygens (including phenoxy) is 1. The van der Waals surface area contributed by atoms with Gasteiger partial charge in [0.15, 0.2) is 0 Å². The molecule has 5 heteroatoms. The summed E-state index contributed by atoms with van der Waals surface area (Å²) in [6.45, 7) is 2.21. The number of aliphatic carboxylic acids is 1. The van der Waals surface area contributed by atoms with Crippen LogP contribution in [0.3, 0.4) is 0 Å². The van der Waals surface area contributed by atoms with Crippen LogP contribution in [0.1, 0.15) is 28.8 Å². The van der Waals surface area contributed by atoms with Gasteiger partial charge in [0.05, 0.1) is 0 Å². The molecule has 0 radical (unpaired) electrons. The molecule has 0 aromatic heterocycles. The Morgan fingerprint density at radius 2 is 1.90 bits per heavy atom. The van der Waals surface area contributed by atoms with E-state index >= 15 is 0 Å². The van der Waals surface area contributed by atoms with Gasteiger partial charge in [-0.25, -0.2) is 4.79 Å². The highest BCUT2D eigenvalue weighted by Gasteiger charge is 2.15. The third kappa shape index (κ3) is 5.04. The van der Waals surface area contributed by atoms with Crippen LogP contribution in [0.25, 0.3) is 6.08 Å². The highest BCUT2D eigenvalue weighted by atomic mass is 16.5. The molecule has 2 N–H and O–H groups in total. The number of carbonyl (C=O) groups excluding carboxylic acids is 1. The predicted molar refractivity (Wildman–Crippen MR) is 79.0 cm³/mol. The van der Waals surface area contributed by atoms with Gasteiger partial charge in [0.1, 0.15) is 0 Å². The van der Waals surface area contributed by atoms with Gasteiger partial charge in [0, 0.05) is 31.4 Å². The SMILES string of the molecule is O=C(O)C=Cc1ccc(C(=O)NCC2CCOCC2)cc1. The zero-order chi connectivity index (χ0) is 15.1. The van der Waals surface area contributed by atoms with Crippen molar-refractivity contribution < 1.29 is 19.4 Å². The molecule has 5 nitrogen and oxygen atoms in total. The van der Waals surface area contributed by atoms with Crippen LogP contribution < -0.4 is 5.32 Å². The zero-order valence-corrected chi connectivity index (χ0v) is 11.7. The highest BCUT2D eigenvalue weighted by Crippen LogP contribution is 2.13. The first kappa shape index (κ1) is 15.3. The third-order valence-corrected chi connectivity index (χ3v) is 3.48. The van der Waals surface area contributed by atoms with E-state index in [1.54, 1.807) is 24.3 Å². The first-order chi connectivity index (χ1) is 10.1. The molecule has 1 aliphatic heterocycles. The average molecular weight is 289 g/mol. The van der Waals surface area contributed by atoms with Crippen LogP contribution in [0, 0.1) is 5.92 Å². The van der Waals surface area contributed by atoms with Crippen LogP contribution in [0.15, 0.2) is 30.3 Å². The maximum absolute atomic E-state index is 12.0. The molecule has 21 heavy (non-hydrogen) atoms. The molecule has 0 saturated carbocycles. The average Bonchev–Trinajstić information content (AvgIpc) is 2.52. The van der Waals surface area contributed by atoms with Crippen LogP contribution >= 0.6 is 0 Å². The minimum absolute atomic E-state index is 0.102. The molecule has 112 valence electrons. The molecule has 0 aliphatic carbocycles. The summed E-state index contributed by atoms with van der Waals surface area (Å²) in [7, 11) is 0. The van der Waals surface area contributed by atoms with E-state index in [1.807, 2.05) is 0 Å². The second-order valence-corrected chi connectivity index (χ2v) is 5.06. The highest BCUT2D eigenvalue weighted by molar-refractivity contribution is 5.94. The maximum Gasteiger partial charge on any atom is 0.328 e. The Balaban J connectivity index is 1.85. The minimum Gasteiger partial charge on any atom is -0.478 e. The quantitative estimate of drug-likeness (QED) is 0.812. The molecule has 1 aliphatic rings. The topological polar surface area (TPSA) is 75.6 Å². The molecule has 0 spiro atoms. The lowest BCUT2D eigenvalue weighted by atomic mass is 10.0. The van der Waals surface area contributed by atoms with Gasteiger partial charge in [0.25, 0.3) is 5.91 Å². The molecular weight excluding hydrogens is 270 g/mol. The lowest BCUT2D eigenvalue weighted by molar-refractivity contribution is -0.131. The molecule has 1 fully saturated rings. The van der Waals surface area contributed by atoms with Crippen molar-refractivity contribution >= 4 is 18.0 Å². The molecule has 0 atom stereocenters. The molecule has 0 bridgehead atoms. The standard InChI is InChI=1S/C16H19NO4/c18-15(19)6-3-12-1-4-14(5-2-12)16(20)17-11-13-7-9-21-10-8-13/h1-6,13H,7-11H2,(H,17,20)(H,18,19). The normalized spacial score (nSPS) is 16.0. The monoisotopic (exact) mass is 289 g/mol. The van der Waals surface area contributed by atoms with Crippen molar-refractivity contribution in [3.05, 3.63) is 41.5 Å². The summed E-state index contributed by atoms with van der Waals surface area (Å²) >= 11 is 0. The van der Waals surface area contributed by atoms with E-state index in [9.17, 15) is 9.59 Å².